The van der Waals surface area contributed by atoms with Crippen molar-refractivity contribution in [1.82, 2.24) is 4.90 Å². The number of carbonyl (C=O) groups excluding carboxylic acids is 1. The van der Waals surface area contributed by atoms with Crippen LogP contribution in [0.15, 0.2) is 0 Å². The van der Waals surface area contributed by atoms with Gasteiger partial charge in [-0.3, -0.25) is 0 Å². The summed E-state index contributed by atoms with van der Waals surface area (Å²) < 4.78 is 5.43. The Morgan fingerprint density at radius 2 is 1.88 bits per heavy atom. The third-order valence-corrected chi connectivity index (χ3v) is 3.57. The number of amides is 1. The molecule has 17 heavy (non-hydrogen) atoms. The Hall–Kier alpha value is -0.810. The van der Waals surface area contributed by atoms with Gasteiger partial charge >= 0.3 is 6.09 Å². The van der Waals surface area contributed by atoms with Gasteiger partial charge in [-0.05, 0) is 40.0 Å². The maximum atomic E-state index is 12.1. The standard InChI is InChI=1S/C12H23N3O2/c1-11(2,3)17-10(16)15-7-9(14)8(13)6-12(15)4-5-12/h8-9H,4-7,13-14H2,1-3H3/t8-,9+/m0/s1. The maximum Gasteiger partial charge on any atom is 0.410 e. The largest absolute Gasteiger partial charge is 0.444 e. The van der Waals surface area contributed by atoms with E-state index in [1.807, 2.05) is 20.8 Å². The number of hydrogen-bond acceptors (Lipinski definition) is 4. The van der Waals surface area contributed by atoms with E-state index in [0.717, 1.165) is 19.3 Å². The first kappa shape index (κ1) is 12.6. The Bertz CT molecular complexity index is 320. The summed E-state index contributed by atoms with van der Waals surface area (Å²) in [6.07, 6.45) is 2.59. The zero-order valence-electron chi connectivity index (χ0n) is 10.9. The topological polar surface area (TPSA) is 81.6 Å². The zero-order valence-corrected chi connectivity index (χ0v) is 10.9. The third-order valence-electron chi connectivity index (χ3n) is 3.57. The van der Waals surface area contributed by atoms with E-state index in [9.17, 15) is 4.79 Å². The van der Waals surface area contributed by atoms with Crippen LogP contribution in [0.2, 0.25) is 0 Å². The number of ether oxygens (including phenoxy) is 1. The van der Waals surface area contributed by atoms with Crippen LogP contribution in [0.1, 0.15) is 40.0 Å². The van der Waals surface area contributed by atoms with Gasteiger partial charge in [0, 0.05) is 24.2 Å². The van der Waals surface area contributed by atoms with Crippen LogP contribution < -0.4 is 11.5 Å². The first-order valence-electron chi connectivity index (χ1n) is 6.25. The summed E-state index contributed by atoms with van der Waals surface area (Å²) in [6, 6.07) is -0.148. The lowest BCUT2D eigenvalue weighted by Gasteiger charge is -2.42. The van der Waals surface area contributed by atoms with Crippen molar-refractivity contribution in [2.45, 2.75) is 63.3 Å². The number of piperidine rings is 1. The van der Waals surface area contributed by atoms with E-state index in [1.54, 1.807) is 4.90 Å². The fourth-order valence-electron chi connectivity index (χ4n) is 2.44. The third kappa shape index (κ3) is 2.55. The van der Waals surface area contributed by atoms with Crippen molar-refractivity contribution in [1.29, 1.82) is 0 Å². The van der Waals surface area contributed by atoms with Gasteiger partial charge in [0.25, 0.3) is 0 Å². The van der Waals surface area contributed by atoms with E-state index < -0.39 is 5.60 Å². The molecule has 2 atom stereocenters. The average molecular weight is 241 g/mol. The molecule has 1 amide bonds. The van der Waals surface area contributed by atoms with Gasteiger partial charge in [0.1, 0.15) is 5.60 Å². The first-order chi connectivity index (χ1) is 7.73. The molecular weight excluding hydrogens is 218 g/mol. The predicted molar refractivity (Wildman–Crippen MR) is 65.5 cm³/mol. The van der Waals surface area contributed by atoms with Crippen molar-refractivity contribution in [3.05, 3.63) is 0 Å². The van der Waals surface area contributed by atoms with Gasteiger partial charge in [0.2, 0.25) is 0 Å². The molecule has 0 aromatic rings. The van der Waals surface area contributed by atoms with E-state index in [0.29, 0.717) is 6.54 Å². The Morgan fingerprint density at radius 3 is 2.35 bits per heavy atom. The van der Waals surface area contributed by atoms with Gasteiger partial charge in [0.15, 0.2) is 0 Å². The summed E-state index contributed by atoms with van der Waals surface area (Å²) in [5, 5.41) is 0. The van der Waals surface area contributed by atoms with Crippen LogP contribution >= 0.6 is 0 Å². The van der Waals surface area contributed by atoms with Gasteiger partial charge in [-0.2, -0.15) is 0 Å². The zero-order chi connectivity index (χ0) is 12.8. The molecule has 4 N–H and O–H groups in total. The van der Waals surface area contributed by atoms with Crippen LogP contribution in [0.3, 0.4) is 0 Å². The highest BCUT2D eigenvalue weighted by Gasteiger charge is 2.55. The van der Waals surface area contributed by atoms with Crippen LogP contribution in [0.5, 0.6) is 0 Å². The second kappa shape index (κ2) is 3.85. The molecule has 0 radical (unpaired) electrons. The molecule has 2 rings (SSSR count). The van der Waals surface area contributed by atoms with E-state index in [1.165, 1.54) is 0 Å². The number of carbonyl (C=O) groups is 1. The highest BCUT2D eigenvalue weighted by atomic mass is 16.6. The fourth-order valence-corrected chi connectivity index (χ4v) is 2.44. The summed E-state index contributed by atoms with van der Waals surface area (Å²) in [6.45, 7) is 6.14. The van der Waals surface area contributed by atoms with Gasteiger partial charge in [-0.25, -0.2) is 4.79 Å². The van der Waals surface area contributed by atoms with Crippen LogP contribution in [0.25, 0.3) is 0 Å². The fraction of sp³-hybridized carbons (Fsp3) is 0.917. The molecule has 98 valence electrons. The molecule has 0 bridgehead atoms. The van der Waals surface area contributed by atoms with Crippen LogP contribution in [-0.2, 0) is 4.74 Å². The Morgan fingerprint density at radius 1 is 1.29 bits per heavy atom. The number of nitrogens with two attached hydrogens (primary N) is 2. The Labute approximate surface area is 102 Å². The van der Waals surface area contributed by atoms with Crippen molar-refractivity contribution in [3.8, 4) is 0 Å². The minimum Gasteiger partial charge on any atom is -0.444 e. The Balaban J connectivity index is 2.07. The lowest BCUT2D eigenvalue weighted by molar-refractivity contribution is 0.00130. The monoisotopic (exact) mass is 241 g/mol. The molecule has 1 spiro atoms. The first-order valence-corrected chi connectivity index (χ1v) is 6.25. The molecule has 0 aromatic heterocycles. The molecule has 1 saturated carbocycles. The van der Waals surface area contributed by atoms with Gasteiger partial charge < -0.3 is 21.1 Å². The smallest absolute Gasteiger partial charge is 0.410 e. The molecule has 5 heteroatoms. The van der Waals surface area contributed by atoms with Gasteiger partial charge in [0.05, 0.1) is 0 Å². The second-order valence-electron chi connectivity index (χ2n) is 6.35. The highest BCUT2D eigenvalue weighted by molar-refractivity contribution is 5.70. The highest BCUT2D eigenvalue weighted by Crippen LogP contribution is 2.48. The number of rotatable bonds is 0. The van der Waals surface area contributed by atoms with Gasteiger partial charge in [-0.15, -0.1) is 0 Å². The lowest BCUT2D eigenvalue weighted by Crippen LogP contribution is -2.62. The van der Waals surface area contributed by atoms with E-state index >= 15 is 0 Å². The molecule has 0 unspecified atom stereocenters. The van der Waals surface area contributed by atoms with Crippen molar-refractivity contribution in [3.63, 3.8) is 0 Å². The van der Waals surface area contributed by atoms with Crippen LogP contribution in [0.4, 0.5) is 4.79 Å². The van der Waals surface area contributed by atoms with E-state index in [2.05, 4.69) is 0 Å². The average Bonchev–Trinajstić information content (AvgIpc) is 2.89. The molecule has 1 heterocycles. The van der Waals surface area contributed by atoms with E-state index in [-0.39, 0.29) is 23.7 Å². The molecule has 1 aliphatic heterocycles. The summed E-state index contributed by atoms with van der Waals surface area (Å²) in [5.41, 5.74) is 11.4. The minimum atomic E-state index is -0.461. The van der Waals surface area contributed by atoms with Crippen LogP contribution in [0, 0.1) is 0 Å². The van der Waals surface area contributed by atoms with Crippen molar-refractivity contribution in [2.75, 3.05) is 6.54 Å². The Kier molecular flexibility index (Phi) is 2.86. The molecular formula is C12H23N3O2. The summed E-state index contributed by atoms with van der Waals surface area (Å²) in [5.74, 6) is 0. The number of likely N-dealkylation sites (tertiary alicyclic amines) is 1. The van der Waals surface area contributed by atoms with Crippen molar-refractivity contribution < 1.29 is 9.53 Å². The number of hydrogen-bond donors (Lipinski definition) is 2. The van der Waals surface area contributed by atoms with Crippen LogP contribution in [-0.4, -0.2) is 40.8 Å². The number of nitrogens with zero attached hydrogens (tertiary/aromatic N) is 1. The summed E-state index contributed by atoms with van der Waals surface area (Å²) in [4.78, 5) is 13.9. The molecule has 2 aliphatic rings. The normalized spacial score (nSPS) is 31.5. The van der Waals surface area contributed by atoms with Gasteiger partial charge in [-0.1, -0.05) is 0 Å². The summed E-state index contributed by atoms with van der Waals surface area (Å²) in [7, 11) is 0. The SMILES string of the molecule is CC(C)(C)OC(=O)N1C[C@@H](N)[C@@H](N)CC12CC2. The predicted octanol–water partition coefficient (Wildman–Crippen LogP) is 0.814. The molecule has 0 aromatic carbocycles. The maximum absolute atomic E-state index is 12.1. The quantitative estimate of drug-likeness (QED) is 0.657. The van der Waals surface area contributed by atoms with E-state index in [4.69, 9.17) is 16.2 Å². The van der Waals surface area contributed by atoms with Crippen molar-refractivity contribution >= 4 is 6.09 Å². The lowest BCUT2D eigenvalue weighted by atomic mass is 9.92. The summed E-state index contributed by atoms with van der Waals surface area (Å²) >= 11 is 0. The second-order valence-corrected chi connectivity index (χ2v) is 6.35. The molecule has 1 aliphatic carbocycles. The molecule has 1 saturated heterocycles. The molecule has 2 fully saturated rings. The minimum absolute atomic E-state index is 0.00353. The molecule has 5 nitrogen and oxygen atoms in total. The van der Waals surface area contributed by atoms with Crippen molar-refractivity contribution in [2.24, 2.45) is 11.5 Å².